The van der Waals surface area contributed by atoms with Gasteiger partial charge in [-0.1, -0.05) is 37.8 Å². The zero-order valence-electron chi connectivity index (χ0n) is 10.5. The summed E-state index contributed by atoms with van der Waals surface area (Å²) in [6, 6.07) is 0. The van der Waals surface area contributed by atoms with Crippen molar-refractivity contribution in [3.05, 3.63) is 11.7 Å². The Bertz CT molecular complexity index is 374. The molecule has 0 saturated heterocycles. The number of aromatic nitrogens is 2. The predicted octanol–water partition coefficient (Wildman–Crippen LogP) is 3.23. The molecule has 0 radical (unpaired) electrons. The van der Waals surface area contributed by atoms with Crippen LogP contribution in [-0.2, 0) is 11.7 Å². The lowest BCUT2D eigenvalue weighted by Crippen LogP contribution is -2.34. The number of unbranched alkanes of at least 4 members (excludes halogenated alkanes) is 3. The number of hydrogen-bond acceptors (Lipinski definition) is 4. The maximum absolute atomic E-state index is 12.3. The highest BCUT2D eigenvalue weighted by molar-refractivity contribution is 5.02. The van der Waals surface area contributed by atoms with E-state index in [1.54, 1.807) is 6.92 Å². The van der Waals surface area contributed by atoms with Gasteiger partial charge in [0, 0.05) is 0 Å². The Morgan fingerprint density at radius 3 is 2.39 bits per heavy atom. The lowest BCUT2D eigenvalue weighted by molar-refractivity contribution is -0.159. The van der Waals surface area contributed by atoms with Gasteiger partial charge in [0.15, 0.2) is 5.82 Å². The van der Waals surface area contributed by atoms with Crippen LogP contribution in [0.2, 0.25) is 0 Å². The van der Waals surface area contributed by atoms with Crippen molar-refractivity contribution in [3.8, 4) is 0 Å². The Balaban J connectivity index is 2.64. The predicted molar refractivity (Wildman–Crippen MR) is 59.6 cm³/mol. The third kappa shape index (κ3) is 3.97. The van der Waals surface area contributed by atoms with Crippen molar-refractivity contribution in [2.45, 2.75) is 57.7 Å². The second-order valence-electron chi connectivity index (χ2n) is 4.65. The summed E-state index contributed by atoms with van der Waals surface area (Å²) in [5.74, 6) is -1.44. The molecule has 104 valence electrons. The molecule has 2 N–H and O–H groups in total. The normalized spacial score (nSPS) is 15.7. The van der Waals surface area contributed by atoms with Crippen LogP contribution < -0.4 is 5.73 Å². The highest BCUT2D eigenvalue weighted by atomic mass is 19.4. The smallest absolute Gasteiger partial charge is 0.329 e. The molecule has 1 heterocycles. The summed E-state index contributed by atoms with van der Waals surface area (Å²) < 4.78 is 41.1. The molecule has 1 aromatic rings. The molecule has 0 bridgehead atoms. The van der Waals surface area contributed by atoms with Crippen LogP contribution in [-0.4, -0.2) is 10.1 Å². The van der Waals surface area contributed by atoms with Crippen LogP contribution in [0.1, 0.15) is 57.7 Å². The Morgan fingerprint density at radius 2 is 1.89 bits per heavy atom. The lowest BCUT2D eigenvalue weighted by atomic mass is 9.94. The number of rotatable bonds is 6. The van der Waals surface area contributed by atoms with Crippen LogP contribution in [0.3, 0.4) is 0 Å². The Hall–Kier alpha value is -1.11. The van der Waals surface area contributed by atoms with E-state index in [0.29, 0.717) is 6.42 Å². The third-order valence-electron chi connectivity index (χ3n) is 2.73. The molecule has 0 fully saturated rings. The van der Waals surface area contributed by atoms with E-state index in [4.69, 9.17) is 5.73 Å². The number of nitrogens with zero attached hydrogens (tertiary/aromatic N) is 2. The van der Waals surface area contributed by atoms with E-state index in [1.807, 2.05) is 0 Å². The van der Waals surface area contributed by atoms with Crippen molar-refractivity contribution in [1.29, 1.82) is 0 Å². The molecule has 0 aliphatic rings. The molecular formula is C11H18F3N3O. The van der Waals surface area contributed by atoms with E-state index in [9.17, 15) is 13.2 Å². The molecule has 0 saturated carbocycles. The van der Waals surface area contributed by atoms with Crippen LogP contribution in [0.5, 0.6) is 0 Å². The molecule has 0 aliphatic carbocycles. The van der Waals surface area contributed by atoms with Crippen LogP contribution >= 0.6 is 0 Å². The van der Waals surface area contributed by atoms with Gasteiger partial charge in [-0.05, 0) is 13.3 Å². The van der Waals surface area contributed by atoms with E-state index in [2.05, 4.69) is 21.6 Å². The van der Waals surface area contributed by atoms with Crippen molar-refractivity contribution in [2.75, 3.05) is 0 Å². The molecule has 1 rings (SSSR count). The van der Waals surface area contributed by atoms with Gasteiger partial charge >= 0.3 is 12.1 Å². The minimum Gasteiger partial charge on any atom is -0.329 e. The van der Waals surface area contributed by atoms with E-state index < -0.39 is 17.6 Å². The largest absolute Gasteiger partial charge is 0.471 e. The number of hydrogen-bond donors (Lipinski definition) is 1. The fraction of sp³-hybridized carbons (Fsp3) is 0.818. The monoisotopic (exact) mass is 265 g/mol. The van der Waals surface area contributed by atoms with Gasteiger partial charge in [-0.3, -0.25) is 0 Å². The molecule has 7 heteroatoms. The van der Waals surface area contributed by atoms with E-state index in [1.165, 1.54) is 0 Å². The van der Waals surface area contributed by atoms with E-state index in [0.717, 1.165) is 25.7 Å². The summed E-state index contributed by atoms with van der Waals surface area (Å²) in [5, 5.41) is 3.32. The number of halogens is 3. The number of nitrogens with two attached hydrogens (primary N) is 1. The molecular weight excluding hydrogens is 247 g/mol. The maximum Gasteiger partial charge on any atom is 0.471 e. The molecule has 0 aliphatic heterocycles. The van der Waals surface area contributed by atoms with Crippen LogP contribution in [0.15, 0.2) is 4.52 Å². The first kappa shape index (κ1) is 14.9. The first-order chi connectivity index (χ1) is 8.27. The zero-order valence-corrected chi connectivity index (χ0v) is 10.5. The van der Waals surface area contributed by atoms with E-state index in [-0.39, 0.29) is 5.82 Å². The van der Waals surface area contributed by atoms with Crippen molar-refractivity contribution < 1.29 is 17.7 Å². The molecule has 0 spiro atoms. The fourth-order valence-electron chi connectivity index (χ4n) is 1.60. The SMILES string of the molecule is CCCCCCC(C)(N)c1noc(C(F)(F)F)n1. The minimum absolute atomic E-state index is 0.0914. The average Bonchev–Trinajstić information content (AvgIpc) is 2.73. The van der Waals surface area contributed by atoms with Crippen LogP contribution in [0.4, 0.5) is 13.2 Å². The molecule has 1 unspecified atom stereocenters. The first-order valence-electron chi connectivity index (χ1n) is 5.97. The van der Waals surface area contributed by atoms with Gasteiger partial charge in [-0.2, -0.15) is 18.2 Å². The van der Waals surface area contributed by atoms with Gasteiger partial charge in [0.1, 0.15) is 0 Å². The highest BCUT2D eigenvalue weighted by Gasteiger charge is 2.40. The third-order valence-corrected chi connectivity index (χ3v) is 2.73. The molecule has 1 aromatic heterocycles. The summed E-state index contributed by atoms with van der Waals surface area (Å²) in [5.41, 5.74) is 4.94. The van der Waals surface area contributed by atoms with Crippen LogP contribution in [0.25, 0.3) is 0 Å². The highest BCUT2D eigenvalue weighted by Crippen LogP contribution is 2.30. The van der Waals surface area contributed by atoms with Crippen LogP contribution in [0, 0.1) is 0 Å². The maximum atomic E-state index is 12.3. The Kier molecular flexibility index (Phi) is 4.72. The summed E-state index contributed by atoms with van der Waals surface area (Å²) in [7, 11) is 0. The average molecular weight is 265 g/mol. The Labute approximate surface area is 104 Å². The summed E-state index contributed by atoms with van der Waals surface area (Å²) >= 11 is 0. The topological polar surface area (TPSA) is 64.9 Å². The fourth-order valence-corrected chi connectivity index (χ4v) is 1.60. The first-order valence-corrected chi connectivity index (χ1v) is 5.97. The molecule has 1 atom stereocenters. The van der Waals surface area contributed by atoms with E-state index >= 15 is 0 Å². The van der Waals surface area contributed by atoms with Gasteiger partial charge in [0.2, 0.25) is 0 Å². The summed E-state index contributed by atoms with van der Waals surface area (Å²) in [6.07, 6.45) is -0.102. The van der Waals surface area contributed by atoms with Crippen molar-refractivity contribution in [2.24, 2.45) is 5.73 Å². The van der Waals surface area contributed by atoms with Gasteiger partial charge < -0.3 is 10.3 Å². The van der Waals surface area contributed by atoms with Gasteiger partial charge in [-0.25, -0.2) is 0 Å². The second kappa shape index (κ2) is 5.69. The molecule has 4 nitrogen and oxygen atoms in total. The Morgan fingerprint density at radius 1 is 1.22 bits per heavy atom. The van der Waals surface area contributed by atoms with Crippen molar-refractivity contribution in [1.82, 2.24) is 10.1 Å². The minimum atomic E-state index is -4.62. The molecule has 18 heavy (non-hydrogen) atoms. The lowest BCUT2D eigenvalue weighted by Gasteiger charge is -2.19. The van der Waals surface area contributed by atoms with Crippen molar-refractivity contribution >= 4 is 0 Å². The second-order valence-corrected chi connectivity index (χ2v) is 4.65. The quantitative estimate of drug-likeness (QED) is 0.802. The van der Waals surface area contributed by atoms with Crippen molar-refractivity contribution in [3.63, 3.8) is 0 Å². The molecule has 0 amide bonds. The summed E-state index contributed by atoms with van der Waals surface area (Å²) in [6.45, 7) is 3.69. The van der Waals surface area contributed by atoms with Gasteiger partial charge in [0.25, 0.3) is 0 Å². The van der Waals surface area contributed by atoms with Gasteiger partial charge in [0.05, 0.1) is 5.54 Å². The van der Waals surface area contributed by atoms with Gasteiger partial charge in [-0.15, -0.1) is 0 Å². The standard InChI is InChI=1S/C11H18F3N3O/c1-3-4-5-6-7-10(2,15)8-16-9(18-17-8)11(12,13)14/h3-7,15H2,1-2H3. The molecule has 0 aromatic carbocycles. The number of alkyl halides is 3. The summed E-state index contributed by atoms with van der Waals surface area (Å²) in [4.78, 5) is 3.32. The zero-order chi connectivity index (χ0) is 13.8.